The van der Waals surface area contributed by atoms with Gasteiger partial charge in [-0.2, -0.15) is 27.1 Å². The summed E-state index contributed by atoms with van der Waals surface area (Å²) in [6, 6.07) is 8.07. The van der Waals surface area contributed by atoms with Crippen molar-refractivity contribution in [3.63, 3.8) is 0 Å². The Kier molecular flexibility index (Phi) is 9.05. The molecule has 2 heterocycles. The van der Waals surface area contributed by atoms with E-state index in [1.807, 2.05) is 0 Å². The largest absolute Gasteiger partial charge is 0.490 e. The quantitative estimate of drug-likeness (QED) is 0.396. The lowest BCUT2D eigenvalue weighted by molar-refractivity contribution is -0.192. The number of hydrogen-bond donors (Lipinski definition) is 3. The normalized spacial score (nSPS) is 11.5. The second-order valence-electron chi connectivity index (χ2n) is 7.49. The first kappa shape index (κ1) is 29.3. The maximum Gasteiger partial charge on any atom is 0.490 e. The summed E-state index contributed by atoms with van der Waals surface area (Å²) < 4.78 is 82.0. The van der Waals surface area contributed by atoms with Crippen molar-refractivity contribution in [3.05, 3.63) is 70.1 Å². The molecule has 1 aromatic carbocycles. The number of H-pyrrole nitrogens is 1. The van der Waals surface area contributed by atoms with Gasteiger partial charge in [0, 0.05) is 36.6 Å². The van der Waals surface area contributed by atoms with Crippen LogP contribution in [0.1, 0.15) is 11.4 Å². The molecule has 2 aromatic heterocycles. The number of nitrogens with two attached hydrogens (primary N) is 1. The SMILES string of the molecule is Cc1cc(-c2ccc(S(C)(=O)=O)cc2)cnc1-n1c(CC(CN)=C(F)F)n[nH]c1=O.O=C(O)C(F)(F)F. The molecule has 0 saturated heterocycles. The van der Waals surface area contributed by atoms with Crippen molar-refractivity contribution >= 4 is 15.8 Å². The van der Waals surface area contributed by atoms with Crippen LogP contribution in [-0.4, -0.2) is 58.2 Å². The highest BCUT2D eigenvalue weighted by Crippen LogP contribution is 2.24. The van der Waals surface area contributed by atoms with Gasteiger partial charge in [0.15, 0.2) is 9.84 Å². The number of nitrogens with zero attached hydrogens (tertiary/aromatic N) is 3. The number of halogens is 5. The molecular weight excluding hydrogens is 529 g/mol. The minimum atomic E-state index is -5.08. The van der Waals surface area contributed by atoms with Crippen LogP contribution in [0.5, 0.6) is 0 Å². The summed E-state index contributed by atoms with van der Waals surface area (Å²) in [6.07, 6.45) is -4.65. The van der Waals surface area contributed by atoms with Gasteiger partial charge in [0.25, 0.3) is 6.08 Å². The lowest BCUT2D eigenvalue weighted by atomic mass is 10.1. The summed E-state index contributed by atoms with van der Waals surface area (Å²) in [4.78, 5) is 25.6. The molecule has 16 heteroatoms. The summed E-state index contributed by atoms with van der Waals surface area (Å²) in [5.41, 5.74) is 6.45. The van der Waals surface area contributed by atoms with Crippen molar-refractivity contribution in [2.75, 3.05) is 12.8 Å². The third-order valence-electron chi connectivity index (χ3n) is 4.75. The van der Waals surface area contributed by atoms with Gasteiger partial charge in [0.2, 0.25) is 0 Å². The van der Waals surface area contributed by atoms with Gasteiger partial charge in [-0.3, -0.25) is 0 Å². The van der Waals surface area contributed by atoms with E-state index < -0.39 is 33.8 Å². The first-order chi connectivity index (χ1) is 17.1. The van der Waals surface area contributed by atoms with Gasteiger partial charge in [-0.15, -0.1) is 0 Å². The van der Waals surface area contributed by atoms with Crippen molar-refractivity contribution in [2.24, 2.45) is 5.73 Å². The van der Waals surface area contributed by atoms with Gasteiger partial charge in [-0.1, -0.05) is 12.1 Å². The van der Waals surface area contributed by atoms with E-state index in [1.165, 1.54) is 18.3 Å². The molecule has 37 heavy (non-hydrogen) atoms. The van der Waals surface area contributed by atoms with Crippen LogP contribution in [0.25, 0.3) is 16.9 Å². The Morgan fingerprint density at radius 2 is 1.73 bits per heavy atom. The van der Waals surface area contributed by atoms with Crippen LogP contribution in [0.3, 0.4) is 0 Å². The summed E-state index contributed by atoms with van der Waals surface area (Å²) >= 11 is 0. The van der Waals surface area contributed by atoms with Crippen LogP contribution in [0.15, 0.2) is 57.9 Å². The number of aromatic amines is 1. The minimum Gasteiger partial charge on any atom is -0.475 e. The Bertz CT molecular complexity index is 1470. The molecule has 0 aliphatic heterocycles. The average Bonchev–Trinajstić information content (AvgIpc) is 3.16. The fourth-order valence-electron chi connectivity index (χ4n) is 2.93. The topological polar surface area (TPSA) is 161 Å². The van der Waals surface area contributed by atoms with E-state index in [9.17, 15) is 35.2 Å². The van der Waals surface area contributed by atoms with Gasteiger partial charge in [0.05, 0.1) is 4.90 Å². The molecule has 200 valence electrons. The van der Waals surface area contributed by atoms with Crippen LogP contribution in [0.2, 0.25) is 0 Å². The number of benzene rings is 1. The van der Waals surface area contributed by atoms with E-state index in [1.54, 1.807) is 25.1 Å². The zero-order chi connectivity index (χ0) is 28.1. The molecule has 0 spiro atoms. The summed E-state index contributed by atoms with van der Waals surface area (Å²) in [7, 11) is -3.30. The molecule has 0 atom stereocenters. The van der Waals surface area contributed by atoms with Crippen LogP contribution in [0.4, 0.5) is 22.0 Å². The Hall–Kier alpha value is -3.92. The second kappa shape index (κ2) is 11.4. The predicted molar refractivity (Wildman–Crippen MR) is 121 cm³/mol. The van der Waals surface area contributed by atoms with E-state index in [4.69, 9.17) is 15.6 Å². The Balaban J connectivity index is 0.000000604. The number of aromatic nitrogens is 4. The van der Waals surface area contributed by atoms with Crippen LogP contribution in [0, 0.1) is 6.92 Å². The van der Waals surface area contributed by atoms with E-state index >= 15 is 0 Å². The smallest absolute Gasteiger partial charge is 0.475 e. The summed E-state index contributed by atoms with van der Waals surface area (Å²) in [6.45, 7) is 1.35. The van der Waals surface area contributed by atoms with E-state index in [0.29, 0.717) is 11.1 Å². The van der Waals surface area contributed by atoms with Gasteiger partial charge < -0.3 is 10.8 Å². The molecule has 3 aromatic rings. The molecular formula is C21H20F5N5O5S. The molecule has 10 nitrogen and oxygen atoms in total. The van der Waals surface area contributed by atoms with Gasteiger partial charge in [0.1, 0.15) is 11.6 Å². The third kappa shape index (κ3) is 7.53. The first-order valence-electron chi connectivity index (χ1n) is 10.0. The first-order valence-corrected chi connectivity index (χ1v) is 11.9. The molecule has 0 bridgehead atoms. The summed E-state index contributed by atoms with van der Waals surface area (Å²) in [5.74, 6) is -2.45. The van der Waals surface area contributed by atoms with Crippen molar-refractivity contribution in [1.82, 2.24) is 19.7 Å². The van der Waals surface area contributed by atoms with Crippen molar-refractivity contribution in [3.8, 4) is 16.9 Å². The lowest BCUT2D eigenvalue weighted by Crippen LogP contribution is -2.21. The highest BCUT2D eigenvalue weighted by molar-refractivity contribution is 7.90. The number of aryl methyl sites for hydroxylation is 1. The highest BCUT2D eigenvalue weighted by Gasteiger charge is 2.38. The fraction of sp³-hybridized carbons (Fsp3) is 0.238. The maximum absolute atomic E-state index is 13.0. The zero-order valence-electron chi connectivity index (χ0n) is 19.2. The second-order valence-corrected chi connectivity index (χ2v) is 9.50. The number of carboxylic acids is 1. The molecule has 0 amide bonds. The highest BCUT2D eigenvalue weighted by atomic mass is 32.2. The number of rotatable bonds is 6. The van der Waals surface area contributed by atoms with Crippen molar-refractivity contribution in [2.45, 2.75) is 24.4 Å². The number of sulfone groups is 1. The van der Waals surface area contributed by atoms with Crippen molar-refractivity contribution in [1.29, 1.82) is 0 Å². The molecule has 0 radical (unpaired) electrons. The Labute approximate surface area is 206 Å². The lowest BCUT2D eigenvalue weighted by Gasteiger charge is -2.11. The Morgan fingerprint density at radius 3 is 2.16 bits per heavy atom. The molecule has 3 rings (SSSR count). The molecule has 0 aliphatic carbocycles. The number of nitrogens with one attached hydrogen (secondary N) is 1. The number of alkyl halides is 3. The van der Waals surface area contributed by atoms with Crippen LogP contribution < -0.4 is 11.4 Å². The maximum atomic E-state index is 13.0. The number of pyridine rings is 1. The number of carbonyl (C=O) groups is 1. The van der Waals surface area contributed by atoms with E-state index in [-0.39, 0.29) is 35.1 Å². The predicted octanol–water partition coefficient (Wildman–Crippen LogP) is 2.62. The molecule has 0 aliphatic rings. The third-order valence-corrected chi connectivity index (χ3v) is 5.88. The molecule has 0 fully saturated rings. The number of aliphatic carboxylic acids is 1. The number of carboxylic acid groups (broad SMARTS) is 1. The average molecular weight is 549 g/mol. The van der Waals surface area contributed by atoms with Crippen LogP contribution >= 0.6 is 0 Å². The standard InChI is InChI=1S/C19H19F2N5O3S.C2HF3O2/c1-11-7-14(12-3-5-15(6-4-12)30(2,28)29)10-23-18(11)26-16(24-25-19(26)27)8-13(9-22)17(20)21;3-2(4,5)1(6)7/h3-7,10H,8-9,22H2,1-2H3,(H,25,27);(H,6,7). The number of hydrogen-bond acceptors (Lipinski definition) is 7. The molecule has 4 N–H and O–H groups in total. The Morgan fingerprint density at radius 1 is 1.16 bits per heavy atom. The van der Waals surface area contributed by atoms with Crippen molar-refractivity contribution < 1.29 is 40.3 Å². The zero-order valence-corrected chi connectivity index (χ0v) is 20.0. The molecule has 0 saturated carbocycles. The minimum absolute atomic E-state index is 0.0640. The molecule has 0 unspecified atom stereocenters. The summed E-state index contributed by atoms with van der Waals surface area (Å²) in [5, 5.41) is 13.2. The van der Waals surface area contributed by atoms with Gasteiger partial charge >= 0.3 is 17.8 Å². The fourth-order valence-corrected chi connectivity index (χ4v) is 3.56. The monoisotopic (exact) mass is 549 g/mol. The van der Waals surface area contributed by atoms with Gasteiger partial charge in [-0.05, 0) is 36.2 Å². The van der Waals surface area contributed by atoms with Crippen LogP contribution in [-0.2, 0) is 21.1 Å². The van der Waals surface area contributed by atoms with E-state index in [2.05, 4.69) is 15.2 Å². The van der Waals surface area contributed by atoms with Gasteiger partial charge in [-0.25, -0.2) is 32.7 Å². The van der Waals surface area contributed by atoms with E-state index in [0.717, 1.165) is 16.4 Å².